The van der Waals surface area contributed by atoms with Crippen molar-refractivity contribution in [1.82, 2.24) is 0 Å². The average molecular weight is 426 g/mol. The van der Waals surface area contributed by atoms with Gasteiger partial charge in [-0.25, -0.2) is 4.79 Å². The number of ether oxygens (including phenoxy) is 4. The number of nitrogens with one attached hydrogen (secondary N) is 1. The minimum absolute atomic E-state index is 0.0447. The van der Waals surface area contributed by atoms with Crippen molar-refractivity contribution in [2.45, 2.75) is 6.61 Å². The van der Waals surface area contributed by atoms with Gasteiger partial charge in [-0.05, 0) is 24.3 Å². The van der Waals surface area contributed by atoms with Gasteiger partial charge in [0.05, 0.1) is 36.5 Å². The zero-order valence-corrected chi connectivity index (χ0v) is 15.7. The summed E-state index contributed by atoms with van der Waals surface area (Å²) in [7, 11) is 2.47. The third kappa shape index (κ3) is 5.77. The largest absolute Gasteiger partial charge is 0.494 e. The van der Waals surface area contributed by atoms with E-state index in [0.717, 1.165) is 18.2 Å². The van der Waals surface area contributed by atoms with E-state index in [1.807, 2.05) is 0 Å². The molecule has 160 valence electrons. The smallest absolute Gasteiger partial charge is 0.387 e. The van der Waals surface area contributed by atoms with Crippen LogP contribution in [0, 0.1) is 10.1 Å². The summed E-state index contributed by atoms with van der Waals surface area (Å²) in [5.74, 6) is -2.00. The summed E-state index contributed by atoms with van der Waals surface area (Å²) in [6.45, 7) is -3.76. The molecular weight excluding hydrogens is 410 g/mol. The van der Waals surface area contributed by atoms with E-state index >= 15 is 0 Å². The number of nitro groups is 1. The van der Waals surface area contributed by atoms with Crippen molar-refractivity contribution in [2.24, 2.45) is 0 Å². The Hall–Kier alpha value is -3.96. The Labute approximate surface area is 168 Å². The number of nitro benzene ring substituents is 1. The first kappa shape index (κ1) is 22.3. The van der Waals surface area contributed by atoms with Gasteiger partial charge in [-0.1, -0.05) is 0 Å². The van der Waals surface area contributed by atoms with Crippen LogP contribution in [0.5, 0.6) is 17.2 Å². The molecule has 10 nitrogen and oxygen atoms in total. The second-order valence-corrected chi connectivity index (χ2v) is 5.51. The van der Waals surface area contributed by atoms with Gasteiger partial charge in [0.25, 0.3) is 11.6 Å². The molecule has 0 atom stereocenters. The molecule has 0 bridgehead atoms. The van der Waals surface area contributed by atoms with Crippen LogP contribution >= 0.6 is 0 Å². The Balaban J connectivity index is 2.01. The van der Waals surface area contributed by atoms with Crippen molar-refractivity contribution in [2.75, 3.05) is 26.1 Å². The zero-order chi connectivity index (χ0) is 22.3. The number of halogens is 2. The number of benzene rings is 2. The molecular formula is C18H16F2N2O8. The van der Waals surface area contributed by atoms with Crippen LogP contribution in [0.2, 0.25) is 0 Å². The van der Waals surface area contributed by atoms with Gasteiger partial charge >= 0.3 is 12.6 Å². The van der Waals surface area contributed by atoms with Crippen LogP contribution < -0.4 is 19.5 Å². The van der Waals surface area contributed by atoms with Crippen LogP contribution in [0.3, 0.4) is 0 Å². The molecule has 30 heavy (non-hydrogen) atoms. The summed E-state index contributed by atoms with van der Waals surface area (Å²) in [5.41, 5.74) is -0.155. The van der Waals surface area contributed by atoms with Gasteiger partial charge in [0.15, 0.2) is 18.1 Å². The fraction of sp³-hybridized carbons (Fsp3) is 0.222. The van der Waals surface area contributed by atoms with Crippen LogP contribution in [-0.2, 0) is 9.53 Å². The minimum atomic E-state index is -3.07. The van der Waals surface area contributed by atoms with E-state index in [2.05, 4.69) is 10.1 Å². The van der Waals surface area contributed by atoms with Crippen LogP contribution in [0.25, 0.3) is 0 Å². The summed E-state index contributed by atoms with van der Waals surface area (Å²) >= 11 is 0. The molecule has 0 aliphatic rings. The molecule has 2 aromatic rings. The van der Waals surface area contributed by atoms with E-state index in [1.165, 1.54) is 32.4 Å². The lowest BCUT2D eigenvalue weighted by Gasteiger charge is -2.12. The van der Waals surface area contributed by atoms with Crippen molar-refractivity contribution in [1.29, 1.82) is 0 Å². The molecule has 1 amide bonds. The Morgan fingerprint density at radius 1 is 1.07 bits per heavy atom. The number of esters is 1. The number of methoxy groups -OCH3 is 2. The number of anilines is 1. The fourth-order valence-electron chi connectivity index (χ4n) is 2.29. The maximum Gasteiger partial charge on any atom is 0.387 e. The van der Waals surface area contributed by atoms with Gasteiger partial charge in [-0.2, -0.15) is 8.78 Å². The number of alkyl halides is 2. The van der Waals surface area contributed by atoms with E-state index in [9.17, 15) is 28.5 Å². The van der Waals surface area contributed by atoms with Gasteiger partial charge in [0.2, 0.25) is 0 Å². The zero-order valence-electron chi connectivity index (χ0n) is 15.7. The number of carbonyl (C=O) groups is 2. The second kappa shape index (κ2) is 10.0. The highest BCUT2D eigenvalue weighted by Crippen LogP contribution is 2.30. The first-order chi connectivity index (χ1) is 14.2. The first-order valence-corrected chi connectivity index (χ1v) is 8.17. The van der Waals surface area contributed by atoms with Gasteiger partial charge in [0, 0.05) is 6.07 Å². The molecule has 0 aromatic heterocycles. The molecule has 0 aliphatic heterocycles. The molecule has 0 aliphatic carbocycles. The third-order valence-corrected chi connectivity index (χ3v) is 3.62. The lowest BCUT2D eigenvalue weighted by Crippen LogP contribution is -2.21. The van der Waals surface area contributed by atoms with Crippen molar-refractivity contribution >= 4 is 23.3 Å². The summed E-state index contributed by atoms with van der Waals surface area (Å²) in [6, 6.07) is 6.94. The SMILES string of the molecule is COc1cc([N+](=O)[O-])ccc1NC(=O)COC(=O)c1ccc(OC(F)F)c(OC)c1. The summed E-state index contributed by atoms with van der Waals surface area (Å²) in [6.07, 6.45) is 0. The fourth-order valence-corrected chi connectivity index (χ4v) is 2.29. The number of amides is 1. The highest BCUT2D eigenvalue weighted by Gasteiger charge is 2.17. The van der Waals surface area contributed by atoms with E-state index in [0.29, 0.717) is 0 Å². The monoisotopic (exact) mass is 426 g/mol. The number of nitrogens with zero attached hydrogens (tertiary/aromatic N) is 1. The molecule has 0 spiro atoms. The molecule has 0 saturated heterocycles. The average Bonchev–Trinajstić information content (AvgIpc) is 2.71. The standard InChI is InChI=1S/C18H16F2N2O8/c1-27-14-8-11(22(25)26)4-5-12(14)21-16(23)9-29-17(24)10-3-6-13(30-18(19)20)15(7-10)28-2/h3-8,18H,9H2,1-2H3,(H,21,23). The van der Waals surface area contributed by atoms with Crippen molar-refractivity contribution < 1.29 is 42.2 Å². The molecule has 0 fully saturated rings. The predicted octanol–water partition coefficient (Wildman–Crippen LogP) is 3.01. The molecule has 0 unspecified atom stereocenters. The van der Waals surface area contributed by atoms with Crippen molar-refractivity contribution in [3.8, 4) is 17.2 Å². The van der Waals surface area contributed by atoms with E-state index in [-0.39, 0.29) is 34.2 Å². The molecule has 2 rings (SSSR count). The topological polar surface area (TPSA) is 126 Å². The number of non-ortho nitro benzene ring substituents is 1. The number of hydrogen-bond donors (Lipinski definition) is 1. The second-order valence-electron chi connectivity index (χ2n) is 5.51. The Morgan fingerprint density at radius 2 is 1.77 bits per heavy atom. The normalized spacial score (nSPS) is 10.3. The van der Waals surface area contributed by atoms with E-state index in [4.69, 9.17) is 14.2 Å². The Morgan fingerprint density at radius 3 is 2.37 bits per heavy atom. The van der Waals surface area contributed by atoms with Gasteiger partial charge in [-0.3, -0.25) is 14.9 Å². The molecule has 0 radical (unpaired) electrons. The predicted molar refractivity (Wildman–Crippen MR) is 98.2 cm³/mol. The van der Waals surface area contributed by atoms with Crippen molar-refractivity contribution in [3.05, 3.63) is 52.1 Å². The highest BCUT2D eigenvalue weighted by molar-refractivity contribution is 5.96. The number of carbonyl (C=O) groups excluding carboxylic acids is 2. The Bertz CT molecular complexity index is 952. The summed E-state index contributed by atoms with van der Waals surface area (Å²) in [4.78, 5) is 34.3. The number of rotatable bonds is 9. The van der Waals surface area contributed by atoms with Crippen LogP contribution in [0.15, 0.2) is 36.4 Å². The van der Waals surface area contributed by atoms with Crippen LogP contribution in [-0.4, -0.2) is 44.2 Å². The third-order valence-electron chi connectivity index (χ3n) is 3.62. The van der Waals surface area contributed by atoms with Crippen LogP contribution in [0.1, 0.15) is 10.4 Å². The lowest BCUT2D eigenvalue weighted by atomic mass is 10.2. The molecule has 1 N–H and O–H groups in total. The van der Waals surface area contributed by atoms with Crippen molar-refractivity contribution in [3.63, 3.8) is 0 Å². The highest BCUT2D eigenvalue weighted by atomic mass is 19.3. The first-order valence-electron chi connectivity index (χ1n) is 8.17. The van der Waals surface area contributed by atoms with Crippen LogP contribution in [0.4, 0.5) is 20.2 Å². The lowest BCUT2D eigenvalue weighted by molar-refractivity contribution is -0.384. The summed E-state index contributed by atoms with van der Waals surface area (Å²) < 4.78 is 43.7. The summed E-state index contributed by atoms with van der Waals surface area (Å²) in [5, 5.41) is 13.2. The molecule has 0 heterocycles. The Kier molecular flexibility index (Phi) is 7.44. The van der Waals surface area contributed by atoms with Gasteiger partial charge < -0.3 is 24.3 Å². The van der Waals surface area contributed by atoms with Gasteiger partial charge in [-0.15, -0.1) is 0 Å². The maximum atomic E-state index is 12.3. The molecule has 2 aromatic carbocycles. The molecule has 12 heteroatoms. The van der Waals surface area contributed by atoms with E-state index < -0.39 is 30.0 Å². The molecule has 0 saturated carbocycles. The minimum Gasteiger partial charge on any atom is -0.494 e. The van der Waals surface area contributed by atoms with E-state index in [1.54, 1.807) is 0 Å². The maximum absolute atomic E-state index is 12.3. The van der Waals surface area contributed by atoms with Gasteiger partial charge in [0.1, 0.15) is 5.75 Å². The quantitative estimate of drug-likeness (QED) is 0.368. The number of hydrogen-bond acceptors (Lipinski definition) is 8.